The van der Waals surface area contributed by atoms with Gasteiger partial charge in [-0.1, -0.05) is 29.3 Å². The van der Waals surface area contributed by atoms with Gasteiger partial charge in [-0.2, -0.15) is 5.10 Å². The quantitative estimate of drug-likeness (QED) is 0.495. The van der Waals surface area contributed by atoms with Crippen LogP contribution in [0.25, 0.3) is 0 Å². The molecule has 0 atom stereocenters. The van der Waals surface area contributed by atoms with E-state index in [1.165, 1.54) is 41.2 Å². The van der Waals surface area contributed by atoms with Crippen molar-refractivity contribution in [3.05, 3.63) is 85.8 Å². The number of hydrogen-bond acceptors (Lipinski definition) is 4. The Labute approximate surface area is 162 Å². The average Bonchev–Trinajstić information content (AvgIpc) is 3.05. The number of rotatable bonds is 5. The van der Waals surface area contributed by atoms with Crippen molar-refractivity contribution in [2.45, 2.75) is 6.54 Å². The van der Waals surface area contributed by atoms with Gasteiger partial charge in [0.1, 0.15) is 11.4 Å². The van der Waals surface area contributed by atoms with E-state index < -0.39 is 16.6 Å². The molecule has 0 spiro atoms. The zero-order valence-electron chi connectivity index (χ0n) is 13.5. The van der Waals surface area contributed by atoms with Gasteiger partial charge >= 0.3 is 0 Å². The Balaban J connectivity index is 1.79. The SMILES string of the molecule is O=C(Nc1ccn(Cc2c(F)cccc2Cl)n1)c1cc(Cl)ccc1[N+](=O)[O-]. The summed E-state index contributed by atoms with van der Waals surface area (Å²) >= 11 is 11.8. The highest BCUT2D eigenvalue weighted by atomic mass is 35.5. The fourth-order valence-electron chi connectivity index (χ4n) is 2.39. The van der Waals surface area contributed by atoms with Gasteiger partial charge in [-0.3, -0.25) is 19.6 Å². The van der Waals surface area contributed by atoms with Gasteiger partial charge in [0.2, 0.25) is 0 Å². The molecule has 0 aliphatic rings. The van der Waals surface area contributed by atoms with Crippen LogP contribution in [0.2, 0.25) is 10.0 Å². The van der Waals surface area contributed by atoms with Crippen LogP contribution in [-0.4, -0.2) is 20.6 Å². The minimum absolute atomic E-state index is 0.0543. The van der Waals surface area contributed by atoms with Crippen LogP contribution >= 0.6 is 23.2 Å². The summed E-state index contributed by atoms with van der Waals surface area (Å²) in [5.41, 5.74) is -0.320. The van der Waals surface area contributed by atoms with Crippen molar-refractivity contribution in [1.29, 1.82) is 0 Å². The maximum absolute atomic E-state index is 13.9. The second-order valence-corrected chi connectivity index (χ2v) is 6.32. The summed E-state index contributed by atoms with van der Waals surface area (Å²) in [6.45, 7) is 0.0543. The lowest BCUT2D eigenvalue weighted by Crippen LogP contribution is -2.15. The number of carbonyl (C=O) groups is 1. The summed E-state index contributed by atoms with van der Waals surface area (Å²) in [5.74, 6) is -1.07. The molecule has 0 radical (unpaired) electrons. The number of nitro groups is 1. The standard InChI is InChI=1S/C17H11Cl2FN4O3/c18-10-4-5-15(24(26)27)11(8-10)17(25)21-16-6-7-23(22-16)9-12-13(19)2-1-3-14(12)20/h1-8H,9H2,(H,21,22,25). The number of nitrogens with zero attached hydrogens (tertiary/aromatic N) is 3. The summed E-state index contributed by atoms with van der Waals surface area (Å²) in [5, 5.41) is 18.1. The van der Waals surface area contributed by atoms with Crippen molar-refractivity contribution in [3.8, 4) is 0 Å². The predicted octanol–water partition coefficient (Wildman–Crippen LogP) is 4.54. The van der Waals surface area contributed by atoms with Gasteiger partial charge in [0.25, 0.3) is 11.6 Å². The van der Waals surface area contributed by atoms with Crippen LogP contribution in [0, 0.1) is 15.9 Å². The molecule has 1 amide bonds. The first-order valence-electron chi connectivity index (χ1n) is 7.57. The number of hydrogen-bond donors (Lipinski definition) is 1. The number of aromatic nitrogens is 2. The molecule has 1 N–H and O–H groups in total. The minimum Gasteiger partial charge on any atom is -0.305 e. The summed E-state index contributed by atoms with van der Waals surface area (Å²) < 4.78 is 15.2. The molecular weight excluding hydrogens is 398 g/mol. The topological polar surface area (TPSA) is 90.1 Å². The van der Waals surface area contributed by atoms with Crippen molar-refractivity contribution in [1.82, 2.24) is 9.78 Å². The van der Waals surface area contributed by atoms with Crippen LogP contribution in [0.15, 0.2) is 48.7 Å². The minimum atomic E-state index is -0.738. The van der Waals surface area contributed by atoms with Crippen molar-refractivity contribution < 1.29 is 14.1 Å². The van der Waals surface area contributed by atoms with Gasteiger partial charge in [0, 0.05) is 33.9 Å². The normalized spacial score (nSPS) is 10.6. The van der Waals surface area contributed by atoms with E-state index in [0.29, 0.717) is 0 Å². The van der Waals surface area contributed by atoms with Gasteiger partial charge in [0.05, 0.1) is 11.5 Å². The zero-order valence-corrected chi connectivity index (χ0v) is 15.0. The molecular formula is C17H11Cl2FN4O3. The van der Waals surface area contributed by atoms with Crippen LogP contribution in [-0.2, 0) is 6.54 Å². The van der Waals surface area contributed by atoms with Gasteiger partial charge in [-0.15, -0.1) is 0 Å². The predicted molar refractivity (Wildman–Crippen MR) is 98.8 cm³/mol. The summed E-state index contributed by atoms with van der Waals surface area (Å²) in [6.07, 6.45) is 1.52. The van der Waals surface area contributed by atoms with Gasteiger partial charge < -0.3 is 5.32 Å². The second kappa shape index (κ2) is 7.73. The molecule has 0 bridgehead atoms. The highest BCUT2D eigenvalue weighted by Gasteiger charge is 2.21. The Morgan fingerprint density at radius 1 is 1.26 bits per heavy atom. The largest absolute Gasteiger partial charge is 0.305 e. The molecule has 3 aromatic rings. The Morgan fingerprint density at radius 2 is 2.04 bits per heavy atom. The lowest BCUT2D eigenvalue weighted by Gasteiger charge is -2.06. The van der Waals surface area contributed by atoms with E-state index in [9.17, 15) is 19.3 Å². The van der Waals surface area contributed by atoms with E-state index in [1.807, 2.05) is 0 Å². The first-order valence-corrected chi connectivity index (χ1v) is 8.32. The molecule has 0 saturated heterocycles. The number of nitrogens with one attached hydrogen (secondary N) is 1. The zero-order chi connectivity index (χ0) is 19.6. The fourth-order valence-corrected chi connectivity index (χ4v) is 2.79. The molecule has 10 heteroatoms. The van der Waals surface area contributed by atoms with Crippen LogP contribution in [0.3, 0.4) is 0 Å². The summed E-state index contributed by atoms with van der Waals surface area (Å²) in [6, 6.07) is 9.48. The molecule has 2 aromatic carbocycles. The van der Waals surface area contributed by atoms with E-state index in [2.05, 4.69) is 10.4 Å². The maximum Gasteiger partial charge on any atom is 0.282 e. The molecule has 0 unspecified atom stereocenters. The highest BCUT2D eigenvalue weighted by molar-refractivity contribution is 6.31. The molecule has 0 aliphatic carbocycles. The maximum atomic E-state index is 13.9. The van der Waals surface area contributed by atoms with Crippen molar-refractivity contribution in [2.24, 2.45) is 0 Å². The number of nitro benzene ring substituents is 1. The summed E-state index contributed by atoms with van der Waals surface area (Å²) in [7, 11) is 0. The first kappa shape index (κ1) is 18.8. The van der Waals surface area contributed by atoms with Crippen LogP contribution < -0.4 is 5.32 Å². The summed E-state index contributed by atoms with van der Waals surface area (Å²) in [4.78, 5) is 22.8. The molecule has 0 saturated carbocycles. The van der Waals surface area contributed by atoms with Gasteiger partial charge in [-0.05, 0) is 24.3 Å². The van der Waals surface area contributed by atoms with Crippen LogP contribution in [0.4, 0.5) is 15.9 Å². The van der Waals surface area contributed by atoms with Crippen LogP contribution in [0.5, 0.6) is 0 Å². The molecule has 0 fully saturated rings. The Hall–Kier alpha value is -2.97. The molecule has 3 rings (SSSR count). The Bertz CT molecular complexity index is 1020. The Morgan fingerprint density at radius 3 is 2.74 bits per heavy atom. The molecule has 0 aliphatic heterocycles. The molecule has 1 aromatic heterocycles. The molecule has 138 valence electrons. The number of halogens is 3. The molecule has 27 heavy (non-hydrogen) atoms. The number of amides is 1. The van der Waals surface area contributed by atoms with Crippen molar-refractivity contribution in [3.63, 3.8) is 0 Å². The van der Waals surface area contributed by atoms with Gasteiger partial charge in [0.15, 0.2) is 5.82 Å². The molecule has 1 heterocycles. The second-order valence-electron chi connectivity index (χ2n) is 5.47. The third kappa shape index (κ3) is 4.24. The smallest absolute Gasteiger partial charge is 0.282 e. The third-order valence-electron chi connectivity index (χ3n) is 3.66. The third-order valence-corrected chi connectivity index (χ3v) is 4.25. The van der Waals surface area contributed by atoms with Crippen LogP contribution in [0.1, 0.15) is 15.9 Å². The lowest BCUT2D eigenvalue weighted by atomic mass is 10.1. The van der Waals surface area contributed by atoms with Crippen molar-refractivity contribution in [2.75, 3.05) is 5.32 Å². The van der Waals surface area contributed by atoms with E-state index in [-0.39, 0.29) is 39.2 Å². The fraction of sp³-hybridized carbons (Fsp3) is 0.0588. The lowest BCUT2D eigenvalue weighted by molar-refractivity contribution is -0.385. The van der Waals surface area contributed by atoms with E-state index in [0.717, 1.165) is 6.07 Å². The number of benzene rings is 2. The average molecular weight is 409 g/mol. The van der Waals surface area contributed by atoms with E-state index >= 15 is 0 Å². The van der Waals surface area contributed by atoms with E-state index in [4.69, 9.17) is 23.2 Å². The monoisotopic (exact) mass is 408 g/mol. The Kier molecular flexibility index (Phi) is 5.38. The van der Waals surface area contributed by atoms with Crippen molar-refractivity contribution >= 4 is 40.6 Å². The number of carbonyl (C=O) groups excluding carboxylic acids is 1. The molecule has 7 nitrogen and oxygen atoms in total. The number of anilines is 1. The van der Waals surface area contributed by atoms with E-state index in [1.54, 1.807) is 6.07 Å². The first-order chi connectivity index (χ1) is 12.8. The highest BCUT2D eigenvalue weighted by Crippen LogP contribution is 2.24. The van der Waals surface area contributed by atoms with Gasteiger partial charge in [-0.25, -0.2) is 4.39 Å².